The number of halogens is 1. The molecule has 4 fully saturated rings. The highest BCUT2D eigenvalue weighted by molar-refractivity contribution is 6.24. The van der Waals surface area contributed by atoms with Crippen LogP contribution in [0.4, 0.5) is 5.69 Å². The average Bonchev–Trinajstić information content (AvgIpc) is 3.06. The molecule has 2 unspecified atom stereocenters. The zero-order valence-corrected chi connectivity index (χ0v) is 18.0. The minimum Gasteiger partial charge on any atom is -0.406 e. The number of nitriles is 1. The van der Waals surface area contributed by atoms with Gasteiger partial charge in [-0.15, -0.1) is 11.6 Å². The number of carbonyl (C=O) groups excluding carboxylic acids is 1. The van der Waals surface area contributed by atoms with E-state index >= 15 is 0 Å². The summed E-state index contributed by atoms with van der Waals surface area (Å²) in [5, 5.41) is 8.74. The third-order valence-corrected chi connectivity index (χ3v) is 7.70. The Morgan fingerprint density at radius 1 is 1.27 bits per heavy atom. The molecule has 5 aliphatic rings. The zero-order chi connectivity index (χ0) is 20.9. The van der Waals surface area contributed by atoms with Gasteiger partial charge in [-0.25, -0.2) is 9.79 Å². The van der Waals surface area contributed by atoms with E-state index < -0.39 is 0 Å². The molecule has 6 rings (SSSR count). The fraction of sp³-hybridized carbons (Fsp3) is 0.542. The van der Waals surface area contributed by atoms with Gasteiger partial charge in [0.2, 0.25) is 5.90 Å². The number of cyclic esters (lactones) is 1. The molecule has 1 heterocycles. The maximum atomic E-state index is 12.6. The molecule has 5 nitrogen and oxygen atoms in total. The smallest absolute Gasteiger partial charge is 0.363 e. The van der Waals surface area contributed by atoms with Gasteiger partial charge in [0.1, 0.15) is 0 Å². The highest BCUT2D eigenvalue weighted by atomic mass is 35.5. The predicted octanol–water partition coefficient (Wildman–Crippen LogP) is 4.91. The molecule has 0 N–H and O–H groups in total. The topological polar surface area (TPSA) is 65.7 Å². The van der Waals surface area contributed by atoms with Crippen LogP contribution in [0.1, 0.15) is 50.5 Å². The lowest BCUT2D eigenvalue weighted by Gasteiger charge is -2.59. The predicted molar refractivity (Wildman–Crippen MR) is 117 cm³/mol. The van der Waals surface area contributed by atoms with Crippen molar-refractivity contribution < 1.29 is 9.53 Å². The zero-order valence-electron chi connectivity index (χ0n) is 17.2. The van der Waals surface area contributed by atoms with Crippen LogP contribution < -0.4 is 4.90 Å². The van der Waals surface area contributed by atoms with E-state index in [0.29, 0.717) is 36.4 Å². The van der Waals surface area contributed by atoms with E-state index in [2.05, 4.69) is 11.1 Å². The van der Waals surface area contributed by atoms with Crippen molar-refractivity contribution in [1.82, 2.24) is 0 Å². The first-order valence-electron chi connectivity index (χ1n) is 10.8. The fourth-order valence-electron chi connectivity index (χ4n) is 6.37. The largest absolute Gasteiger partial charge is 0.406 e. The summed E-state index contributed by atoms with van der Waals surface area (Å²) in [4.78, 5) is 19.2. The summed E-state index contributed by atoms with van der Waals surface area (Å²) in [6, 6.07) is 10.1. The van der Waals surface area contributed by atoms with Crippen LogP contribution in [0.2, 0.25) is 0 Å². The average molecular weight is 424 g/mol. The van der Waals surface area contributed by atoms with Crippen molar-refractivity contribution in [3.8, 4) is 6.07 Å². The summed E-state index contributed by atoms with van der Waals surface area (Å²) < 4.78 is 5.73. The van der Waals surface area contributed by atoms with Crippen molar-refractivity contribution in [2.75, 3.05) is 18.5 Å². The second kappa shape index (κ2) is 7.13. The molecule has 1 aromatic carbocycles. The molecule has 1 aromatic rings. The van der Waals surface area contributed by atoms with E-state index in [1.165, 1.54) is 6.42 Å². The summed E-state index contributed by atoms with van der Waals surface area (Å²) in [7, 11) is 1.96. The monoisotopic (exact) mass is 423 g/mol. The molecule has 6 heteroatoms. The minimum atomic E-state index is -0.361. The van der Waals surface area contributed by atoms with Crippen LogP contribution in [-0.4, -0.2) is 30.3 Å². The molecule has 0 aromatic heterocycles. The molecule has 4 aliphatic carbocycles. The Morgan fingerprint density at radius 3 is 2.60 bits per heavy atom. The number of carbonyl (C=O) groups is 1. The maximum Gasteiger partial charge on any atom is 0.363 e. The third kappa shape index (κ3) is 3.41. The SMILES string of the molecule is CN(CCC#N)c1ccc(/C=C2\N=C(C34C[C@@H]5C[C@@H](CC(Cl)(C5)C3)C4)OC2=O)cc1. The number of hydrogen-bond donors (Lipinski definition) is 0. The standard InChI is InChI=1S/C24H26ClN3O2/c1-28(8-2-7-26)19-5-3-16(4-6-19)10-20-21(29)30-22(27-20)23-11-17-9-18(12-23)14-24(25,13-17)15-23/h3-6,10,17-18H,2,8-9,11-15H2,1H3/b20-10-/t17-,18+,23?,24?. The van der Waals surface area contributed by atoms with Crippen molar-refractivity contribution in [3.63, 3.8) is 0 Å². The second-order valence-corrected chi connectivity index (χ2v) is 10.5. The number of anilines is 1. The number of aliphatic imine (C=N–C) groups is 1. The lowest BCUT2D eigenvalue weighted by molar-refractivity contribution is -0.131. The van der Waals surface area contributed by atoms with E-state index in [4.69, 9.17) is 21.6 Å². The van der Waals surface area contributed by atoms with Gasteiger partial charge in [0.15, 0.2) is 5.70 Å². The minimum absolute atomic E-state index is 0.140. The van der Waals surface area contributed by atoms with Gasteiger partial charge in [-0.05, 0) is 74.1 Å². The summed E-state index contributed by atoms with van der Waals surface area (Å²) >= 11 is 6.94. The Balaban J connectivity index is 1.37. The van der Waals surface area contributed by atoms with Crippen LogP contribution in [0.3, 0.4) is 0 Å². The van der Waals surface area contributed by atoms with Gasteiger partial charge in [-0.1, -0.05) is 12.1 Å². The molecule has 1 aliphatic heterocycles. The van der Waals surface area contributed by atoms with E-state index in [0.717, 1.165) is 43.4 Å². The van der Waals surface area contributed by atoms with Gasteiger partial charge < -0.3 is 9.64 Å². The lowest BCUT2D eigenvalue weighted by atomic mass is 9.49. The Hall–Kier alpha value is -2.32. The van der Waals surface area contributed by atoms with Crippen molar-refractivity contribution in [1.29, 1.82) is 5.26 Å². The van der Waals surface area contributed by atoms with Crippen LogP contribution in [0.25, 0.3) is 6.08 Å². The quantitative estimate of drug-likeness (QED) is 0.383. The molecule has 156 valence electrons. The van der Waals surface area contributed by atoms with Gasteiger partial charge in [0.05, 0.1) is 12.5 Å². The van der Waals surface area contributed by atoms with Crippen molar-refractivity contribution in [2.24, 2.45) is 22.2 Å². The van der Waals surface area contributed by atoms with Gasteiger partial charge >= 0.3 is 5.97 Å². The van der Waals surface area contributed by atoms with Crippen molar-refractivity contribution in [3.05, 3.63) is 35.5 Å². The summed E-state index contributed by atoms with van der Waals surface area (Å²) in [6.45, 7) is 0.684. The van der Waals surface area contributed by atoms with Crippen molar-refractivity contribution in [2.45, 2.75) is 49.8 Å². The normalized spacial score (nSPS) is 35.3. The molecule has 4 saturated carbocycles. The second-order valence-electron chi connectivity index (χ2n) is 9.65. The Bertz CT molecular complexity index is 961. The Morgan fingerprint density at radius 2 is 1.97 bits per heavy atom. The molecule has 0 spiro atoms. The molecule has 0 radical (unpaired) electrons. The van der Waals surface area contributed by atoms with Crippen LogP contribution in [0, 0.1) is 28.6 Å². The Labute approximate surface area is 182 Å². The molecule has 4 bridgehead atoms. The van der Waals surface area contributed by atoms with Gasteiger partial charge in [0.25, 0.3) is 0 Å². The number of nitrogens with zero attached hydrogens (tertiary/aromatic N) is 3. The number of hydrogen-bond acceptors (Lipinski definition) is 5. The van der Waals surface area contributed by atoms with Gasteiger partial charge in [-0.3, -0.25) is 0 Å². The molecular weight excluding hydrogens is 398 g/mol. The first kappa shape index (κ1) is 19.6. The van der Waals surface area contributed by atoms with Crippen LogP contribution >= 0.6 is 11.6 Å². The third-order valence-electron chi connectivity index (χ3n) is 7.26. The number of benzene rings is 1. The van der Waals surface area contributed by atoms with E-state index in [-0.39, 0.29) is 16.3 Å². The molecular formula is C24H26ClN3O2. The first-order chi connectivity index (χ1) is 14.4. The lowest BCUT2D eigenvalue weighted by Crippen LogP contribution is -2.56. The maximum absolute atomic E-state index is 12.6. The van der Waals surface area contributed by atoms with Crippen LogP contribution in [0.5, 0.6) is 0 Å². The van der Waals surface area contributed by atoms with Gasteiger partial charge in [0, 0.05) is 29.6 Å². The molecule has 0 amide bonds. The van der Waals surface area contributed by atoms with Crippen molar-refractivity contribution >= 4 is 35.2 Å². The number of esters is 1. The fourth-order valence-corrected chi connectivity index (χ4v) is 7.06. The summed E-state index contributed by atoms with van der Waals surface area (Å²) in [6.07, 6.45) is 8.68. The number of rotatable bonds is 5. The Kier molecular flexibility index (Phi) is 4.67. The molecule has 30 heavy (non-hydrogen) atoms. The van der Waals surface area contributed by atoms with E-state index in [1.807, 2.05) is 36.2 Å². The van der Waals surface area contributed by atoms with E-state index in [1.54, 1.807) is 6.08 Å². The highest BCUT2D eigenvalue weighted by Gasteiger charge is 2.60. The van der Waals surface area contributed by atoms with E-state index in [9.17, 15) is 4.79 Å². The first-order valence-corrected chi connectivity index (χ1v) is 11.2. The van der Waals surface area contributed by atoms with Crippen LogP contribution in [0.15, 0.2) is 35.0 Å². The van der Waals surface area contributed by atoms with Gasteiger partial charge in [-0.2, -0.15) is 5.26 Å². The highest BCUT2D eigenvalue weighted by Crippen LogP contribution is 2.64. The summed E-state index contributed by atoms with van der Waals surface area (Å²) in [5.41, 5.74) is 2.15. The number of alkyl halides is 1. The van der Waals surface area contributed by atoms with Crippen LogP contribution in [-0.2, 0) is 9.53 Å². The molecule has 4 atom stereocenters. The molecule has 0 saturated heterocycles. The summed E-state index contributed by atoms with van der Waals surface area (Å²) in [5.74, 6) is 1.50. The number of ether oxygens (including phenoxy) is 1.